The molecule has 2 amide bonds. The Morgan fingerprint density at radius 1 is 1.14 bits per heavy atom. The van der Waals surface area contributed by atoms with Crippen LogP contribution in [0.25, 0.3) is 16.9 Å². The number of hydrogen-bond acceptors (Lipinski definition) is 5. The molecular weight excluding hydrogens is 461 g/mol. The van der Waals surface area contributed by atoms with E-state index in [0.29, 0.717) is 37.4 Å². The highest BCUT2D eigenvalue weighted by atomic mass is 19.1. The molecule has 192 valence electrons. The molecule has 36 heavy (non-hydrogen) atoms. The Balaban J connectivity index is 1.56. The number of aliphatic hydroxyl groups is 1. The zero-order chi connectivity index (χ0) is 26.1. The maximum atomic E-state index is 13.4. The predicted octanol–water partition coefficient (Wildman–Crippen LogP) is 3.74. The lowest BCUT2D eigenvalue weighted by Gasteiger charge is -2.40. The van der Waals surface area contributed by atoms with Gasteiger partial charge < -0.3 is 14.9 Å². The minimum atomic E-state index is -1.02. The fraction of sp³-hybridized carbons (Fsp3) is 0.481. The van der Waals surface area contributed by atoms with Gasteiger partial charge in [0.25, 0.3) is 11.8 Å². The van der Waals surface area contributed by atoms with Crippen LogP contribution in [0.4, 0.5) is 4.39 Å². The summed E-state index contributed by atoms with van der Waals surface area (Å²) < 4.78 is 15.0. The molecular formula is C27H34FN5O3. The molecule has 0 spiro atoms. The van der Waals surface area contributed by atoms with E-state index in [4.69, 9.17) is 0 Å². The van der Waals surface area contributed by atoms with E-state index in [1.54, 1.807) is 32.6 Å². The zero-order valence-electron chi connectivity index (χ0n) is 21.5. The summed E-state index contributed by atoms with van der Waals surface area (Å²) in [6.45, 7) is 11.0. The van der Waals surface area contributed by atoms with E-state index in [0.717, 1.165) is 11.1 Å². The molecule has 2 atom stereocenters. The summed E-state index contributed by atoms with van der Waals surface area (Å²) in [5.41, 5.74) is 3.27. The standard InChI is InChI=1S/C27H34FN5O3/c1-16(2)12-24(34)27(36)32-11-10-31(14-18(32)5)26(35)23-15-33-25(29-23)21(17(3)4)13-22(30-33)19-6-8-20(28)9-7-19/h6-9,13,15-18,24,34H,10-12,14H2,1-5H3/t18-,24+/m0/s1. The van der Waals surface area contributed by atoms with Crippen molar-refractivity contribution in [1.29, 1.82) is 0 Å². The van der Waals surface area contributed by atoms with Crippen molar-refractivity contribution in [2.75, 3.05) is 19.6 Å². The molecule has 0 saturated carbocycles. The third kappa shape index (κ3) is 5.26. The topological polar surface area (TPSA) is 91.0 Å². The summed E-state index contributed by atoms with van der Waals surface area (Å²) in [6, 6.07) is 7.86. The quantitative estimate of drug-likeness (QED) is 0.563. The van der Waals surface area contributed by atoms with Crippen LogP contribution in [-0.4, -0.2) is 73.1 Å². The Morgan fingerprint density at radius 3 is 2.44 bits per heavy atom. The van der Waals surface area contributed by atoms with Crippen molar-refractivity contribution < 1.29 is 19.1 Å². The van der Waals surface area contributed by atoms with Crippen LogP contribution in [0, 0.1) is 11.7 Å². The lowest BCUT2D eigenvalue weighted by Crippen LogP contribution is -2.57. The Hall–Kier alpha value is -3.33. The number of aliphatic hydroxyl groups excluding tert-OH is 1. The van der Waals surface area contributed by atoms with E-state index in [1.165, 1.54) is 12.1 Å². The van der Waals surface area contributed by atoms with Gasteiger partial charge in [-0.1, -0.05) is 27.7 Å². The van der Waals surface area contributed by atoms with Crippen LogP contribution in [0.2, 0.25) is 0 Å². The number of carbonyl (C=O) groups excluding carboxylic acids is 2. The summed E-state index contributed by atoms with van der Waals surface area (Å²) in [7, 11) is 0. The number of carbonyl (C=O) groups is 2. The van der Waals surface area contributed by atoms with E-state index in [-0.39, 0.29) is 41.2 Å². The van der Waals surface area contributed by atoms with Gasteiger partial charge in [0.15, 0.2) is 5.65 Å². The molecule has 3 heterocycles. The van der Waals surface area contributed by atoms with Gasteiger partial charge >= 0.3 is 0 Å². The van der Waals surface area contributed by atoms with Crippen LogP contribution in [0.1, 0.15) is 63.0 Å². The zero-order valence-corrected chi connectivity index (χ0v) is 21.5. The Morgan fingerprint density at radius 2 is 1.83 bits per heavy atom. The molecule has 1 saturated heterocycles. The highest BCUT2D eigenvalue weighted by molar-refractivity contribution is 5.93. The van der Waals surface area contributed by atoms with Crippen molar-refractivity contribution in [1.82, 2.24) is 24.4 Å². The number of nitrogens with zero attached hydrogens (tertiary/aromatic N) is 5. The van der Waals surface area contributed by atoms with Crippen molar-refractivity contribution in [3.8, 4) is 11.3 Å². The number of fused-ring (bicyclic) bond motifs is 1. The van der Waals surface area contributed by atoms with Gasteiger partial charge in [-0.2, -0.15) is 5.10 Å². The summed E-state index contributed by atoms with van der Waals surface area (Å²) in [5.74, 6) is -0.475. The fourth-order valence-electron chi connectivity index (χ4n) is 4.66. The van der Waals surface area contributed by atoms with Crippen LogP contribution in [0.5, 0.6) is 0 Å². The summed E-state index contributed by atoms with van der Waals surface area (Å²) >= 11 is 0. The molecule has 1 aliphatic heterocycles. The minimum absolute atomic E-state index is 0.131. The average Bonchev–Trinajstić information content (AvgIpc) is 3.26. The van der Waals surface area contributed by atoms with Gasteiger partial charge in [-0.25, -0.2) is 13.9 Å². The van der Waals surface area contributed by atoms with Gasteiger partial charge in [0, 0.05) is 36.8 Å². The second-order valence-electron chi connectivity index (χ2n) is 10.3. The van der Waals surface area contributed by atoms with Gasteiger partial charge in [0.2, 0.25) is 0 Å². The van der Waals surface area contributed by atoms with Gasteiger partial charge in [0.1, 0.15) is 17.6 Å². The number of halogens is 1. The lowest BCUT2D eigenvalue weighted by molar-refractivity contribution is -0.145. The number of imidazole rings is 1. The Kier molecular flexibility index (Phi) is 7.40. The highest BCUT2D eigenvalue weighted by Crippen LogP contribution is 2.26. The van der Waals surface area contributed by atoms with Crippen LogP contribution in [0.15, 0.2) is 36.5 Å². The Bertz CT molecular complexity index is 1250. The van der Waals surface area contributed by atoms with Crippen LogP contribution < -0.4 is 0 Å². The van der Waals surface area contributed by atoms with Gasteiger partial charge in [-0.3, -0.25) is 9.59 Å². The second kappa shape index (κ2) is 10.3. The summed E-state index contributed by atoms with van der Waals surface area (Å²) in [5, 5.41) is 14.9. The monoisotopic (exact) mass is 495 g/mol. The maximum absolute atomic E-state index is 13.4. The average molecular weight is 496 g/mol. The number of hydrogen-bond donors (Lipinski definition) is 1. The molecule has 0 bridgehead atoms. The summed E-state index contributed by atoms with van der Waals surface area (Å²) in [6.07, 6.45) is 1.02. The normalized spacial score (nSPS) is 17.3. The van der Waals surface area contributed by atoms with Crippen molar-refractivity contribution in [3.05, 3.63) is 53.6 Å². The predicted molar refractivity (Wildman–Crippen MR) is 135 cm³/mol. The first-order chi connectivity index (χ1) is 17.0. The van der Waals surface area contributed by atoms with Crippen LogP contribution in [0.3, 0.4) is 0 Å². The van der Waals surface area contributed by atoms with Crippen molar-refractivity contribution in [3.63, 3.8) is 0 Å². The second-order valence-corrected chi connectivity index (χ2v) is 10.3. The molecule has 1 N–H and O–H groups in total. The van der Waals surface area contributed by atoms with E-state index >= 15 is 0 Å². The first kappa shape index (κ1) is 25.8. The van der Waals surface area contributed by atoms with E-state index in [9.17, 15) is 19.1 Å². The SMILES string of the molecule is CC(C)C[C@@H](O)C(=O)N1CCN(C(=O)c2cn3nc(-c4ccc(F)cc4)cc(C(C)C)c3n2)C[C@@H]1C. The molecule has 3 aromatic rings. The molecule has 0 radical (unpaired) electrons. The lowest BCUT2D eigenvalue weighted by atomic mass is 10.0. The number of amides is 2. The highest BCUT2D eigenvalue weighted by Gasteiger charge is 2.34. The van der Waals surface area contributed by atoms with Crippen molar-refractivity contribution in [2.45, 2.75) is 59.1 Å². The van der Waals surface area contributed by atoms with Gasteiger partial charge in [-0.05, 0) is 55.5 Å². The number of rotatable bonds is 6. The third-order valence-corrected chi connectivity index (χ3v) is 6.61. The molecule has 0 aliphatic carbocycles. The molecule has 4 rings (SSSR count). The van der Waals surface area contributed by atoms with E-state index < -0.39 is 6.10 Å². The number of aromatic nitrogens is 3. The molecule has 1 aliphatic rings. The molecule has 0 unspecified atom stereocenters. The minimum Gasteiger partial charge on any atom is -0.383 e. The van der Waals surface area contributed by atoms with E-state index in [2.05, 4.69) is 10.1 Å². The fourth-order valence-corrected chi connectivity index (χ4v) is 4.66. The van der Waals surface area contributed by atoms with Gasteiger partial charge in [0.05, 0.1) is 11.9 Å². The smallest absolute Gasteiger partial charge is 0.274 e. The van der Waals surface area contributed by atoms with Gasteiger partial charge in [-0.15, -0.1) is 0 Å². The number of benzene rings is 1. The molecule has 1 aromatic carbocycles. The molecule has 2 aromatic heterocycles. The number of piperazine rings is 1. The maximum Gasteiger partial charge on any atom is 0.274 e. The van der Waals surface area contributed by atoms with E-state index in [1.807, 2.05) is 40.7 Å². The molecule has 1 fully saturated rings. The third-order valence-electron chi connectivity index (χ3n) is 6.61. The molecule has 9 heteroatoms. The molecule has 8 nitrogen and oxygen atoms in total. The first-order valence-electron chi connectivity index (χ1n) is 12.5. The van der Waals surface area contributed by atoms with Crippen molar-refractivity contribution in [2.24, 2.45) is 5.92 Å². The Labute approximate surface area is 210 Å². The first-order valence-corrected chi connectivity index (χ1v) is 12.5. The largest absolute Gasteiger partial charge is 0.383 e. The summed E-state index contributed by atoms with van der Waals surface area (Å²) in [4.78, 5) is 34.1. The van der Waals surface area contributed by atoms with Crippen LogP contribution in [-0.2, 0) is 4.79 Å². The van der Waals surface area contributed by atoms with Crippen LogP contribution >= 0.6 is 0 Å². The van der Waals surface area contributed by atoms with Crippen molar-refractivity contribution >= 4 is 17.5 Å².